The van der Waals surface area contributed by atoms with E-state index in [4.69, 9.17) is 5.73 Å². The van der Waals surface area contributed by atoms with Crippen molar-refractivity contribution in [1.29, 1.82) is 0 Å². The molecule has 5 aromatic rings. The molecule has 0 heterocycles. The van der Waals surface area contributed by atoms with Gasteiger partial charge in [0, 0.05) is 38.2 Å². The van der Waals surface area contributed by atoms with Crippen molar-refractivity contribution in [2.45, 2.75) is 0 Å². The highest BCUT2D eigenvalue weighted by Gasteiger charge is 2.20. The Morgan fingerprint density at radius 2 is 1.03 bits per heavy atom. The predicted molar refractivity (Wildman–Crippen MR) is 145 cm³/mol. The molecule has 0 saturated heterocycles. The van der Waals surface area contributed by atoms with Crippen LogP contribution in [0.3, 0.4) is 0 Å². The van der Waals surface area contributed by atoms with Crippen molar-refractivity contribution in [2.75, 3.05) is 11.1 Å². The molecule has 0 aliphatic heterocycles. The minimum Gasteiger partial charge on any atom is -0.398 e. The first-order chi connectivity index (χ1) is 16.2. The van der Waals surface area contributed by atoms with Gasteiger partial charge in [-0.2, -0.15) is 0 Å². The van der Waals surface area contributed by atoms with E-state index in [-0.39, 0.29) is 0 Å². The molecule has 0 radical (unpaired) electrons. The van der Waals surface area contributed by atoms with Crippen LogP contribution in [0.1, 0.15) is 0 Å². The van der Waals surface area contributed by atoms with Crippen molar-refractivity contribution < 1.29 is 0 Å². The van der Waals surface area contributed by atoms with E-state index in [9.17, 15) is 0 Å². The van der Waals surface area contributed by atoms with Crippen LogP contribution >= 0.6 is 15.9 Å². The van der Waals surface area contributed by atoms with Crippen LogP contribution < -0.4 is 11.1 Å². The number of nitrogen functional groups attached to an aromatic ring is 1. The lowest BCUT2D eigenvalue weighted by Gasteiger charge is -2.22. The van der Waals surface area contributed by atoms with E-state index in [2.05, 4.69) is 100 Å². The molecule has 0 aromatic heterocycles. The lowest BCUT2D eigenvalue weighted by atomic mass is 9.87. The molecular formula is C30H23BrN2. The zero-order valence-electron chi connectivity index (χ0n) is 18.0. The van der Waals surface area contributed by atoms with Gasteiger partial charge in [0.05, 0.1) is 0 Å². The molecule has 33 heavy (non-hydrogen) atoms. The number of nitrogens with two attached hydrogens (primary N) is 1. The molecule has 0 aliphatic carbocycles. The Hall–Kier alpha value is -3.82. The normalized spacial score (nSPS) is 10.7. The Labute approximate surface area is 202 Å². The van der Waals surface area contributed by atoms with Crippen molar-refractivity contribution in [3.8, 4) is 33.4 Å². The number of benzene rings is 5. The molecular weight excluding hydrogens is 468 g/mol. The van der Waals surface area contributed by atoms with Gasteiger partial charge in [0.1, 0.15) is 0 Å². The Kier molecular flexibility index (Phi) is 5.97. The second-order valence-corrected chi connectivity index (χ2v) is 8.78. The quantitative estimate of drug-likeness (QED) is 0.241. The van der Waals surface area contributed by atoms with Gasteiger partial charge in [-0.25, -0.2) is 0 Å². The van der Waals surface area contributed by atoms with Crippen LogP contribution in [0.5, 0.6) is 0 Å². The van der Waals surface area contributed by atoms with Crippen LogP contribution in [0, 0.1) is 0 Å². The Morgan fingerprint density at radius 3 is 1.58 bits per heavy atom. The van der Waals surface area contributed by atoms with Gasteiger partial charge in [-0.15, -0.1) is 0 Å². The third-order valence-electron chi connectivity index (χ3n) is 5.70. The molecule has 2 nitrogen and oxygen atoms in total. The molecule has 3 heteroatoms. The summed E-state index contributed by atoms with van der Waals surface area (Å²) in [5, 5.41) is 3.67. The highest BCUT2D eigenvalue weighted by atomic mass is 79.9. The third kappa shape index (κ3) is 4.41. The summed E-state index contributed by atoms with van der Waals surface area (Å²) in [5.74, 6) is 0. The summed E-state index contributed by atoms with van der Waals surface area (Å²) in [6, 6.07) is 41.5. The maximum absolute atomic E-state index is 6.93. The summed E-state index contributed by atoms with van der Waals surface area (Å²) in [7, 11) is 0. The molecule has 0 fully saturated rings. The smallest absolute Gasteiger partial charge is 0.0481 e. The van der Waals surface area contributed by atoms with Crippen molar-refractivity contribution in [1.82, 2.24) is 0 Å². The van der Waals surface area contributed by atoms with Gasteiger partial charge in [0.15, 0.2) is 0 Å². The minimum atomic E-state index is 0.771. The van der Waals surface area contributed by atoms with Gasteiger partial charge in [-0.1, -0.05) is 107 Å². The van der Waals surface area contributed by atoms with Crippen LogP contribution in [-0.2, 0) is 0 Å². The number of halogens is 1. The summed E-state index contributed by atoms with van der Waals surface area (Å²) < 4.78 is 1.04. The molecule has 0 spiro atoms. The van der Waals surface area contributed by atoms with E-state index in [1.165, 1.54) is 0 Å². The molecule has 0 saturated carbocycles. The molecule has 0 unspecified atom stereocenters. The average Bonchev–Trinajstić information content (AvgIpc) is 2.87. The molecule has 3 N–H and O–H groups in total. The lowest BCUT2D eigenvalue weighted by molar-refractivity contribution is 1.50. The zero-order chi connectivity index (χ0) is 22.6. The van der Waals surface area contributed by atoms with Crippen LogP contribution in [0.25, 0.3) is 33.4 Å². The standard InChI is InChI=1S/C30H23BrN2/c31-24-16-18-25(19-17-24)33-27-20-26(21-10-4-1-5-11-21)30(32)29(23-14-8-3-9-15-23)28(27)22-12-6-2-7-13-22/h1-20,33H,32H2. The highest BCUT2D eigenvalue weighted by Crippen LogP contribution is 2.47. The summed E-state index contributed by atoms with van der Waals surface area (Å²) in [6.45, 7) is 0. The highest BCUT2D eigenvalue weighted by molar-refractivity contribution is 9.10. The third-order valence-corrected chi connectivity index (χ3v) is 6.23. The van der Waals surface area contributed by atoms with Crippen molar-refractivity contribution in [3.63, 3.8) is 0 Å². The van der Waals surface area contributed by atoms with Crippen LogP contribution in [0.2, 0.25) is 0 Å². The van der Waals surface area contributed by atoms with Crippen LogP contribution in [0.15, 0.2) is 126 Å². The molecule has 5 rings (SSSR count). The number of anilines is 3. The SMILES string of the molecule is Nc1c(-c2ccccc2)cc(Nc2ccc(Br)cc2)c(-c2ccccc2)c1-c1ccccc1. The molecule has 0 atom stereocenters. The van der Waals surface area contributed by atoms with Crippen LogP contribution in [-0.4, -0.2) is 0 Å². The summed E-state index contributed by atoms with van der Waals surface area (Å²) in [4.78, 5) is 0. The van der Waals surface area contributed by atoms with E-state index in [1.54, 1.807) is 0 Å². The molecule has 5 aromatic carbocycles. The van der Waals surface area contributed by atoms with Gasteiger partial charge in [0.2, 0.25) is 0 Å². The van der Waals surface area contributed by atoms with Gasteiger partial charge in [-0.3, -0.25) is 0 Å². The molecule has 0 bridgehead atoms. The van der Waals surface area contributed by atoms with E-state index in [0.29, 0.717) is 0 Å². The Bertz CT molecular complexity index is 1360. The van der Waals surface area contributed by atoms with Crippen LogP contribution in [0.4, 0.5) is 17.1 Å². The molecule has 0 aliphatic rings. The Balaban J connectivity index is 1.83. The minimum absolute atomic E-state index is 0.771. The first-order valence-electron chi connectivity index (χ1n) is 10.9. The summed E-state index contributed by atoms with van der Waals surface area (Å²) in [6.07, 6.45) is 0. The lowest BCUT2D eigenvalue weighted by Crippen LogP contribution is -2.02. The van der Waals surface area contributed by atoms with Gasteiger partial charge >= 0.3 is 0 Å². The first-order valence-corrected chi connectivity index (χ1v) is 11.7. The van der Waals surface area contributed by atoms with E-state index >= 15 is 0 Å². The fourth-order valence-electron chi connectivity index (χ4n) is 4.15. The number of hydrogen-bond donors (Lipinski definition) is 2. The fourth-order valence-corrected chi connectivity index (χ4v) is 4.42. The Morgan fingerprint density at radius 1 is 0.545 bits per heavy atom. The average molecular weight is 491 g/mol. The number of nitrogens with one attached hydrogen (secondary N) is 1. The van der Waals surface area contributed by atoms with Gasteiger partial charge < -0.3 is 11.1 Å². The van der Waals surface area contributed by atoms with Gasteiger partial charge in [0.25, 0.3) is 0 Å². The fraction of sp³-hybridized carbons (Fsp3) is 0. The number of hydrogen-bond acceptors (Lipinski definition) is 2. The van der Waals surface area contributed by atoms with Gasteiger partial charge in [-0.05, 0) is 47.0 Å². The zero-order valence-corrected chi connectivity index (χ0v) is 19.6. The monoisotopic (exact) mass is 490 g/mol. The number of rotatable bonds is 5. The largest absolute Gasteiger partial charge is 0.398 e. The van der Waals surface area contributed by atoms with Crippen molar-refractivity contribution in [2.24, 2.45) is 0 Å². The van der Waals surface area contributed by atoms with E-state index in [1.807, 2.05) is 42.5 Å². The van der Waals surface area contributed by atoms with Crippen molar-refractivity contribution in [3.05, 3.63) is 126 Å². The van der Waals surface area contributed by atoms with E-state index in [0.717, 1.165) is 54.9 Å². The predicted octanol–water partition coefficient (Wildman–Crippen LogP) is 8.78. The first kappa shape index (κ1) is 21.0. The summed E-state index contributed by atoms with van der Waals surface area (Å²) in [5.41, 5.74) is 16.1. The molecule has 0 amide bonds. The second-order valence-electron chi connectivity index (χ2n) is 7.87. The topological polar surface area (TPSA) is 38.0 Å². The van der Waals surface area contributed by atoms with E-state index < -0.39 is 0 Å². The molecule has 160 valence electrons. The maximum Gasteiger partial charge on any atom is 0.0481 e. The van der Waals surface area contributed by atoms with Crippen molar-refractivity contribution >= 4 is 33.0 Å². The maximum atomic E-state index is 6.93. The second kappa shape index (κ2) is 9.35. The summed E-state index contributed by atoms with van der Waals surface area (Å²) >= 11 is 3.53.